The van der Waals surface area contributed by atoms with Gasteiger partial charge in [-0.05, 0) is 43.2 Å². The van der Waals surface area contributed by atoms with Crippen molar-refractivity contribution in [2.75, 3.05) is 25.5 Å². The number of benzene rings is 1. The number of carbonyl (C=O) groups is 1. The van der Waals surface area contributed by atoms with Gasteiger partial charge in [-0.25, -0.2) is 18.6 Å². The molecule has 0 spiro atoms. The number of ether oxygens (including phenoxy) is 1. The van der Waals surface area contributed by atoms with Crippen molar-refractivity contribution in [3.63, 3.8) is 0 Å². The highest BCUT2D eigenvalue weighted by atomic mass is 32.1. The van der Waals surface area contributed by atoms with Crippen molar-refractivity contribution in [2.45, 2.75) is 32.3 Å². The zero-order chi connectivity index (χ0) is 19.2. The van der Waals surface area contributed by atoms with E-state index in [1.807, 2.05) is 5.38 Å². The molecule has 0 radical (unpaired) electrons. The molecule has 2 amide bonds. The largest absolute Gasteiger partial charge is 0.378 e. The molecule has 2 aromatic rings. The third-order valence-electron chi connectivity index (χ3n) is 4.80. The summed E-state index contributed by atoms with van der Waals surface area (Å²) < 4.78 is 31.7. The Morgan fingerprint density at radius 3 is 2.85 bits per heavy atom. The second-order valence-corrected chi connectivity index (χ2v) is 7.57. The number of urea groups is 1. The zero-order valence-corrected chi connectivity index (χ0v) is 16.0. The van der Waals surface area contributed by atoms with E-state index in [2.05, 4.69) is 10.3 Å². The maximum absolute atomic E-state index is 13.7. The number of nitrogens with one attached hydrogen (secondary N) is 1. The molecule has 2 heterocycles. The van der Waals surface area contributed by atoms with Crippen LogP contribution in [0.5, 0.6) is 0 Å². The van der Waals surface area contributed by atoms with Gasteiger partial charge >= 0.3 is 6.03 Å². The summed E-state index contributed by atoms with van der Waals surface area (Å²) in [5.74, 6) is -0.597. The Balaban J connectivity index is 1.43. The first-order valence-electron chi connectivity index (χ1n) is 8.98. The maximum atomic E-state index is 13.7. The van der Waals surface area contributed by atoms with Crippen LogP contribution in [0.2, 0.25) is 0 Å². The van der Waals surface area contributed by atoms with Gasteiger partial charge in [0, 0.05) is 31.6 Å². The van der Waals surface area contributed by atoms with Gasteiger partial charge in [0.15, 0.2) is 5.13 Å². The Morgan fingerprint density at radius 2 is 2.15 bits per heavy atom. The number of piperidine rings is 1. The molecule has 1 aromatic carbocycles. The predicted octanol–water partition coefficient (Wildman–Crippen LogP) is 4.44. The summed E-state index contributed by atoms with van der Waals surface area (Å²) in [6.45, 7) is 1.75. The lowest BCUT2D eigenvalue weighted by molar-refractivity contribution is 0.179. The van der Waals surface area contributed by atoms with Crippen LogP contribution >= 0.6 is 11.3 Å². The minimum Gasteiger partial charge on any atom is -0.378 e. The van der Waals surface area contributed by atoms with E-state index in [1.54, 1.807) is 12.0 Å². The Morgan fingerprint density at radius 1 is 1.37 bits per heavy atom. The molecule has 1 aliphatic rings. The molecule has 0 atom stereocenters. The smallest absolute Gasteiger partial charge is 0.323 e. The first-order valence-corrected chi connectivity index (χ1v) is 9.86. The fraction of sp³-hybridized carbons (Fsp3) is 0.474. The van der Waals surface area contributed by atoms with Crippen LogP contribution in [0.4, 0.5) is 18.7 Å². The number of rotatable bonds is 6. The SMILES string of the molecule is COCc1csc(NC(=O)N2CCC(CCc3ccc(F)cc3F)CC2)n1. The monoisotopic (exact) mass is 395 g/mol. The second-order valence-electron chi connectivity index (χ2n) is 6.71. The summed E-state index contributed by atoms with van der Waals surface area (Å²) in [6, 6.07) is 3.59. The number of nitrogens with zero attached hydrogens (tertiary/aromatic N) is 2. The van der Waals surface area contributed by atoms with E-state index < -0.39 is 11.6 Å². The van der Waals surface area contributed by atoms with E-state index in [0.717, 1.165) is 31.0 Å². The lowest BCUT2D eigenvalue weighted by Gasteiger charge is -2.31. The van der Waals surface area contributed by atoms with Crippen molar-refractivity contribution >= 4 is 22.5 Å². The molecule has 0 saturated carbocycles. The minimum absolute atomic E-state index is 0.142. The number of halogens is 2. The van der Waals surface area contributed by atoms with Crippen molar-refractivity contribution in [1.82, 2.24) is 9.88 Å². The fourth-order valence-electron chi connectivity index (χ4n) is 3.26. The number of hydrogen-bond donors (Lipinski definition) is 1. The molecular formula is C19H23F2N3O2S. The van der Waals surface area contributed by atoms with Gasteiger partial charge in [-0.15, -0.1) is 11.3 Å². The third kappa shape index (κ3) is 5.46. The van der Waals surface area contributed by atoms with Crippen LogP contribution in [0, 0.1) is 17.6 Å². The first kappa shape index (κ1) is 19.7. The van der Waals surface area contributed by atoms with Gasteiger partial charge in [-0.3, -0.25) is 5.32 Å². The van der Waals surface area contributed by atoms with Crippen LogP contribution in [-0.4, -0.2) is 36.1 Å². The molecule has 1 N–H and O–H groups in total. The number of methoxy groups -OCH3 is 1. The number of likely N-dealkylation sites (tertiary alicyclic amines) is 1. The number of amides is 2. The van der Waals surface area contributed by atoms with Crippen LogP contribution in [0.15, 0.2) is 23.6 Å². The van der Waals surface area contributed by atoms with Crippen LogP contribution in [0.3, 0.4) is 0 Å². The lowest BCUT2D eigenvalue weighted by atomic mass is 9.90. The molecule has 1 aliphatic heterocycles. The first-order chi connectivity index (χ1) is 13.0. The van der Waals surface area contributed by atoms with Gasteiger partial charge in [0.05, 0.1) is 12.3 Å². The highest BCUT2D eigenvalue weighted by Crippen LogP contribution is 2.24. The highest BCUT2D eigenvalue weighted by molar-refractivity contribution is 7.13. The number of aryl methyl sites for hydroxylation is 1. The molecule has 27 heavy (non-hydrogen) atoms. The molecule has 0 unspecified atom stereocenters. The molecule has 1 fully saturated rings. The summed E-state index contributed by atoms with van der Waals surface area (Å²) in [5.41, 5.74) is 1.34. The zero-order valence-electron chi connectivity index (χ0n) is 15.2. The standard InChI is InChI=1S/C19H23F2N3O2S/c1-26-11-16-12-27-18(22-16)23-19(25)24-8-6-13(7-9-24)2-3-14-4-5-15(20)10-17(14)21/h4-5,10,12-13H,2-3,6-9,11H2,1H3,(H,22,23,25). The second kappa shape index (κ2) is 9.23. The molecule has 3 rings (SSSR count). The van der Waals surface area contributed by atoms with Gasteiger partial charge in [-0.2, -0.15) is 0 Å². The van der Waals surface area contributed by atoms with E-state index in [0.29, 0.717) is 42.7 Å². The number of aromatic nitrogens is 1. The van der Waals surface area contributed by atoms with Crippen LogP contribution in [0.25, 0.3) is 0 Å². The van der Waals surface area contributed by atoms with Crippen molar-refractivity contribution in [1.29, 1.82) is 0 Å². The Labute approximate surface area is 161 Å². The van der Waals surface area contributed by atoms with Crippen LogP contribution in [0.1, 0.15) is 30.5 Å². The van der Waals surface area contributed by atoms with Crippen molar-refractivity contribution in [2.24, 2.45) is 5.92 Å². The maximum Gasteiger partial charge on any atom is 0.323 e. The highest BCUT2D eigenvalue weighted by Gasteiger charge is 2.23. The minimum atomic E-state index is -0.551. The van der Waals surface area contributed by atoms with Crippen molar-refractivity contribution in [3.8, 4) is 0 Å². The van der Waals surface area contributed by atoms with E-state index >= 15 is 0 Å². The molecule has 0 aliphatic carbocycles. The molecular weight excluding hydrogens is 372 g/mol. The van der Waals surface area contributed by atoms with Gasteiger partial charge in [0.1, 0.15) is 11.6 Å². The Kier molecular flexibility index (Phi) is 6.73. The molecule has 146 valence electrons. The number of thiazole rings is 1. The van der Waals surface area contributed by atoms with Crippen LogP contribution < -0.4 is 5.32 Å². The number of carbonyl (C=O) groups excluding carboxylic acids is 1. The van der Waals surface area contributed by atoms with E-state index in [9.17, 15) is 13.6 Å². The number of anilines is 1. The molecule has 8 heteroatoms. The van der Waals surface area contributed by atoms with E-state index in [-0.39, 0.29) is 6.03 Å². The van der Waals surface area contributed by atoms with Crippen molar-refractivity contribution in [3.05, 3.63) is 46.5 Å². The van der Waals surface area contributed by atoms with E-state index in [4.69, 9.17) is 4.74 Å². The molecule has 5 nitrogen and oxygen atoms in total. The topological polar surface area (TPSA) is 54.5 Å². The molecule has 1 saturated heterocycles. The summed E-state index contributed by atoms with van der Waals surface area (Å²) in [7, 11) is 1.60. The predicted molar refractivity (Wildman–Crippen MR) is 101 cm³/mol. The van der Waals surface area contributed by atoms with Gasteiger partial charge in [0.25, 0.3) is 0 Å². The quantitative estimate of drug-likeness (QED) is 0.787. The van der Waals surface area contributed by atoms with Gasteiger partial charge in [-0.1, -0.05) is 6.07 Å². The summed E-state index contributed by atoms with van der Waals surface area (Å²) >= 11 is 1.38. The summed E-state index contributed by atoms with van der Waals surface area (Å²) in [4.78, 5) is 18.4. The molecule has 0 bridgehead atoms. The van der Waals surface area contributed by atoms with E-state index in [1.165, 1.54) is 23.5 Å². The average Bonchev–Trinajstić information content (AvgIpc) is 3.09. The van der Waals surface area contributed by atoms with Gasteiger partial charge in [0.2, 0.25) is 0 Å². The molecule has 1 aromatic heterocycles. The average molecular weight is 395 g/mol. The number of hydrogen-bond acceptors (Lipinski definition) is 4. The summed E-state index contributed by atoms with van der Waals surface area (Å²) in [6.07, 6.45) is 3.18. The Bertz CT molecular complexity index is 776. The van der Waals surface area contributed by atoms with Crippen LogP contribution in [-0.2, 0) is 17.8 Å². The lowest BCUT2D eigenvalue weighted by Crippen LogP contribution is -2.41. The van der Waals surface area contributed by atoms with Crippen molar-refractivity contribution < 1.29 is 18.3 Å². The Hall–Kier alpha value is -2.06. The fourth-order valence-corrected chi connectivity index (χ4v) is 3.94. The summed E-state index contributed by atoms with van der Waals surface area (Å²) in [5, 5.41) is 5.26. The van der Waals surface area contributed by atoms with Gasteiger partial charge < -0.3 is 9.64 Å². The normalized spacial score (nSPS) is 15.1. The third-order valence-corrected chi connectivity index (χ3v) is 5.60.